The number of hydrogen-bond acceptors (Lipinski definition) is 5. The summed E-state index contributed by atoms with van der Waals surface area (Å²) in [5.74, 6) is -0.826. The lowest BCUT2D eigenvalue weighted by Gasteiger charge is -2.34. The van der Waals surface area contributed by atoms with E-state index in [9.17, 15) is 14.4 Å². The number of fused-ring (bicyclic) bond motifs is 1. The Hall–Kier alpha value is -4.79. The minimum Gasteiger partial charge on any atom is -0.354 e. The molecule has 0 bridgehead atoms. The third-order valence-electron chi connectivity index (χ3n) is 8.62. The fourth-order valence-corrected chi connectivity index (χ4v) is 6.53. The van der Waals surface area contributed by atoms with Crippen LogP contribution in [0.15, 0.2) is 115 Å². The lowest BCUT2D eigenvalue weighted by atomic mass is 9.98. The van der Waals surface area contributed by atoms with E-state index in [0.29, 0.717) is 24.9 Å². The van der Waals surface area contributed by atoms with Crippen molar-refractivity contribution in [2.45, 2.75) is 44.3 Å². The first kappa shape index (κ1) is 33.6. The van der Waals surface area contributed by atoms with E-state index < -0.39 is 12.1 Å². The van der Waals surface area contributed by atoms with Gasteiger partial charge in [0.25, 0.3) is 5.91 Å². The van der Waals surface area contributed by atoms with Crippen LogP contribution in [0.5, 0.6) is 0 Å². The molecule has 5 rings (SSSR count). The summed E-state index contributed by atoms with van der Waals surface area (Å²) in [6.07, 6.45) is 1.33. The number of likely N-dealkylation sites (N-methyl/N-ethyl adjacent to an activating group) is 2. The predicted molar refractivity (Wildman–Crippen MR) is 190 cm³/mol. The fourth-order valence-electron chi connectivity index (χ4n) is 5.78. The lowest BCUT2D eigenvalue weighted by molar-refractivity contribution is -0.142. The smallest absolute Gasteiger partial charge is 0.254 e. The third-order valence-corrected chi connectivity index (χ3v) is 9.52. The van der Waals surface area contributed by atoms with Gasteiger partial charge in [-0.15, -0.1) is 11.3 Å². The first-order valence-electron chi connectivity index (χ1n) is 15.9. The molecular weight excluding hydrogens is 605 g/mol. The maximum atomic E-state index is 14.6. The van der Waals surface area contributed by atoms with Crippen molar-refractivity contribution in [3.63, 3.8) is 0 Å². The molecule has 0 saturated carbocycles. The highest BCUT2D eigenvalue weighted by Crippen LogP contribution is 2.22. The van der Waals surface area contributed by atoms with E-state index in [2.05, 4.69) is 11.4 Å². The molecule has 5 aromatic rings. The number of amides is 3. The van der Waals surface area contributed by atoms with E-state index in [1.54, 1.807) is 37.6 Å². The molecule has 7 nitrogen and oxygen atoms in total. The van der Waals surface area contributed by atoms with E-state index in [1.807, 2.05) is 103 Å². The second kappa shape index (κ2) is 15.7. The van der Waals surface area contributed by atoms with Gasteiger partial charge in [-0.1, -0.05) is 91.0 Å². The van der Waals surface area contributed by atoms with Crippen LogP contribution in [0.2, 0.25) is 0 Å². The summed E-state index contributed by atoms with van der Waals surface area (Å²) in [5, 5.41) is 7.17. The quantitative estimate of drug-likeness (QED) is 0.163. The van der Waals surface area contributed by atoms with Crippen molar-refractivity contribution in [3.8, 4) is 0 Å². The second-order valence-electron chi connectivity index (χ2n) is 12.0. The van der Waals surface area contributed by atoms with Crippen LogP contribution in [-0.2, 0) is 28.9 Å². The molecular formula is C39H42N4O3S. The molecule has 3 N–H and O–H groups in total. The molecule has 0 aliphatic carbocycles. The highest BCUT2D eigenvalue weighted by molar-refractivity contribution is 7.09. The number of carbonyl (C=O) groups is 3. The Morgan fingerprint density at radius 2 is 1.49 bits per heavy atom. The summed E-state index contributed by atoms with van der Waals surface area (Å²) >= 11 is 1.55. The van der Waals surface area contributed by atoms with Gasteiger partial charge in [-0.25, -0.2) is 0 Å². The van der Waals surface area contributed by atoms with Gasteiger partial charge in [-0.3, -0.25) is 14.4 Å². The largest absolute Gasteiger partial charge is 0.354 e. The summed E-state index contributed by atoms with van der Waals surface area (Å²) in [6, 6.07) is 33.4. The number of rotatable bonds is 13. The minimum atomic E-state index is -0.865. The molecule has 3 amide bonds. The zero-order chi connectivity index (χ0) is 33.3. The number of hydrogen-bond donors (Lipinski definition) is 2. The Kier molecular flexibility index (Phi) is 11.2. The van der Waals surface area contributed by atoms with Crippen LogP contribution >= 0.6 is 11.3 Å². The summed E-state index contributed by atoms with van der Waals surface area (Å²) in [5.41, 5.74) is 9.44. The summed E-state index contributed by atoms with van der Waals surface area (Å²) in [7, 11) is 3.33. The lowest BCUT2D eigenvalue weighted by Crippen LogP contribution is -2.56. The van der Waals surface area contributed by atoms with Crippen LogP contribution in [0.3, 0.4) is 0 Å². The summed E-state index contributed by atoms with van der Waals surface area (Å²) < 4.78 is 0. The van der Waals surface area contributed by atoms with Gasteiger partial charge < -0.3 is 20.9 Å². The maximum absolute atomic E-state index is 14.6. The topological polar surface area (TPSA) is 95.7 Å². The van der Waals surface area contributed by atoms with Crippen molar-refractivity contribution in [2.75, 3.05) is 20.6 Å². The molecule has 47 heavy (non-hydrogen) atoms. The van der Waals surface area contributed by atoms with Crippen LogP contribution in [-0.4, -0.2) is 60.2 Å². The predicted octanol–water partition coefficient (Wildman–Crippen LogP) is 6.03. The van der Waals surface area contributed by atoms with Crippen LogP contribution in [0.1, 0.15) is 44.9 Å². The van der Waals surface area contributed by atoms with Crippen molar-refractivity contribution < 1.29 is 14.4 Å². The number of nitrogens with zero attached hydrogens (tertiary/aromatic N) is 2. The highest BCUT2D eigenvalue weighted by atomic mass is 32.1. The molecule has 0 aliphatic heterocycles. The molecule has 3 atom stereocenters. The standard InChI is InChI=1S/C39H42N4O3S/c1-27(40)31-15-9-16-33(25-31)38(45)43(3)36(24-29-18-19-30-13-7-8-14-32(30)23-29)39(46)42(2)35(26-34-17-10-22-47-34)37(44)41-21-20-28-11-5-4-6-12-28/h4-19,22-23,25,27,35-36H,20-21,24,26,40H2,1-3H3,(H,41,44). The zero-order valence-electron chi connectivity index (χ0n) is 27.1. The molecule has 0 aliphatic rings. The van der Waals surface area contributed by atoms with Gasteiger partial charge >= 0.3 is 0 Å². The van der Waals surface area contributed by atoms with Crippen LogP contribution < -0.4 is 11.1 Å². The van der Waals surface area contributed by atoms with Gasteiger partial charge in [0.15, 0.2) is 0 Å². The Morgan fingerprint density at radius 3 is 2.21 bits per heavy atom. The van der Waals surface area contributed by atoms with Crippen molar-refractivity contribution in [2.24, 2.45) is 5.73 Å². The van der Waals surface area contributed by atoms with Crippen LogP contribution in [0.4, 0.5) is 0 Å². The van der Waals surface area contributed by atoms with Gasteiger partial charge in [0, 0.05) is 50.0 Å². The second-order valence-corrected chi connectivity index (χ2v) is 13.0. The van der Waals surface area contributed by atoms with Gasteiger partial charge in [-0.05, 0) is 64.4 Å². The van der Waals surface area contributed by atoms with Crippen molar-refractivity contribution >= 4 is 39.8 Å². The Labute approximate surface area is 281 Å². The minimum absolute atomic E-state index is 0.228. The van der Waals surface area contributed by atoms with E-state index in [1.165, 1.54) is 9.80 Å². The highest BCUT2D eigenvalue weighted by Gasteiger charge is 2.35. The summed E-state index contributed by atoms with van der Waals surface area (Å²) in [4.78, 5) is 46.3. The van der Waals surface area contributed by atoms with Gasteiger partial charge in [0.1, 0.15) is 12.1 Å². The average molecular weight is 647 g/mol. The van der Waals surface area contributed by atoms with Crippen molar-refractivity contribution in [1.29, 1.82) is 0 Å². The molecule has 3 unspecified atom stereocenters. The van der Waals surface area contributed by atoms with E-state index in [4.69, 9.17) is 5.73 Å². The molecule has 0 spiro atoms. The molecule has 0 fully saturated rings. The Balaban J connectivity index is 1.44. The molecule has 0 saturated heterocycles. The number of benzene rings is 4. The first-order chi connectivity index (χ1) is 22.7. The molecule has 242 valence electrons. The fraction of sp³-hybridized carbons (Fsp3) is 0.256. The monoisotopic (exact) mass is 646 g/mol. The normalized spacial score (nSPS) is 13.0. The van der Waals surface area contributed by atoms with Gasteiger partial charge in [-0.2, -0.15) is 0 Å². The van der Waals surface area contributed by atoms with Crippen LogP contribution in [0.25, 0.3) is 10.8 Å². The summed E-state index contributed by atoms with van der Waals surface area (Å²) in [6.45, 7) is 2.31. The van der Waals surface area contributed by atoms with E-state index >= 15 is 0 Å². The molecule has 8 heteroatoms. The van der Waals surface area contributed by atoms with E-state index in [-0.39, 0.29) is 30.2 Å². The number of thiophene rings is 1. The number of nitrogens with one attached hydrogen (secondary N) is 1. The molecule has 0 radical (unpaired) electrons. The van der Waals surface area contributed by atoms with Crippen LogP contribution in [0, 0.1) is 0 Å². The molecule has 1 aromatic heterocycles. The SMILES string of the molecule is CC(N)c1cccc(C(=O)N(C)C(Cc2ccc3ccccc3c2)C(=O)N(C)C(Cc2cccs2)C(=O)NCCc2ccccc2)c1. The van der Waals surface area contributed by atoms with Gasteiger partial charge in [0.2, 0.25) is 11.8 Å². The van der Waals surface area contributed by atoms with Gasteiger partial charge in [0.05, 0.1) is 0 Å². The third kappa shape index (κ3) is 8.52. The van der Waals surface area contributed by atoms with Crippen molar-refractivity contribution in [3.05, 3.63) is 142 Å². The number of nitrogens with two attached hydrogens (primary N) is 1. The maximum Gasteiger partial charge on any atom is 0.254 e. The first-order valence-corrected chi connectivity index (χ1v) is 16.8. The average Bonchev–Trinajstić information content (AvgIpc) is 3.62. The Bertz CT molecular complexity index is 1810. The van der Waals surface area contributed by atoms with E-state index in [0.717, 1.165) is 32.3 Å². The molecule has 1 heterocycles. The number of carbonyl (C=O) groups excluding carboxylic acids is 3. The van der Waals surface area contributed by atoms with Crippen molar-refractivity contribution in [1.82, 2.24) is 15.1 Å². The molecule has 4 aromatic carbocycles. The zero-order valence-corrected chi connectivity index (χ0v) is 28.0. The Morgan fingerprint density at radius 1 is 0.745 bits per heavy atom.